The van der Waals surface area contributed by atoms with Crippen LogP contribution in [-0.4, -0.2) is 31.6 Å². The Labute approximate surface area is 104 Å². The lowest BCUT2D eigenvalue weighted by Crippen LogP contribution is -2.33. The van der Waals surface area contributed by atoms with Crippen LogP contribution in [0.2, 0.25) is 0 Å². The molecule has 0 heterocycles. The van der Waals surface area contributed by atoms with Gasteiger partial charge in [0.15, 0.2) is 0 Å². The van der Waals surface area contributed by atoms with Crippen LogP contribution in [0.15, 0.2) is 18.2 Å². The highest BCUT2D eigenvalue weighted by Crippen LogP contribution is 2.21. The van der Waals surface area contributed by atoms with E-state index < -0.39 is 0 Å². The molecule has 92 valence electrons. The summed E-state index contributed by atoms with van der Waals surface area (Å²) in [6.07, 6.45) is 0.484. The van der Waals surface area contributed by atoms with Crippen molar-refractivity contribution >= 4 is 0 Å². The molecule has 0 aliphatic carbocycles. The van der Waals surface area contributed by atoms with E-state index in [2.05, 4.69) is 26.0 Å². The lowest BCUT2D eigenvalue weighted by atomic mass is 10.1. The van der Waals surface area contributed by atoms with Gasteiger partial charge in [-0.25, -0.2) is 0 Å². The molecule has 0 aliphatic heterocycles. The van der Waals surface area contributed by atoms with E-state index in [9.17, 15) is 0 Å². The van der Waals surface area contributed by atoms with Gasteiger partial charge < -0.3 is 9.64 Å². The first-order valence-electron chi connectivity index (χ1n) is 5.78. The zero-order valence-corrected chi connectivity index (χ0v) is 11.0. The molecule has 0 aliphatic rings. The first-order valence-corrected chi connectivity index (χ1v) is 5.78. The molecule has 0 fully saturated rings. The molecular weight excluding hydrogens is 212 g/mol. The maximum atomic E-state index is 8.75. The Morgan fingerprint density at radius 3 is 2.65 bits per heavy atom. The van der Waals surface area contributed by atoms with Crippen LogP contribution in [0.4, 0.5) is 0 Å². The summed E-state index contributed by atoms with van der Waals surface area (Å²) in [4.78, 5) is 2.02. The molecule has 1 aromatic carbocycles. The highest BCUT2D eigenvalue weighted by molar-refractivity contribution is 5.38. The van der Waals surface area contributed by atoms with Crippen LogP contribution >= 0.6 is 0 Å². The second-order valence-electron chi connectivity index (χ2n) is 4.49. The van der Waals surface area contributed by atoms with E-state index in [-0.39, 0.29) is 6.04 Å². The molecule has 0 N–H and O–H groups in total. The van der Waals surface area contributed by atoms with Crippen LogP contribution in [-0.2, 0) is 0 Å². The van der Waals surface area contributed by atoms with Crippen molar-refractivity contribution in [1.29, 1.82) is 5.26 Å². The third-order valence-electron chi connectivity index (χ3n) is 3.04. The van der Waals surface area contributed by atoms with Crippen molar-refractivity contribution in [3.05, 3.63) is 29.3 Å². The number of benzene rings is 1. The molecule has 17 heavy (non-hydrogen) atoms. The van der Waals surface area contributed by atoms with Gasteiger partial charge in [-0.3, -0.25) is 0 Å². The second-order valence-corrected chi connectivity index (χ2v) is 4.49. The number of nitriles is 1. The van der Waals surface area contributed by atoms with Crippen molar-refractivity contribution in [2.24, 2.45) is 0 Å². The topological polar surface area (TPSA) is 36.3 Å². The number of ether oxygens (including phenoxy) is 1. The third-order valence-corrected chi connectivity index (χ3v) is 3.04. The van der Waals surface area contributed by atoms with Gasteiger partial charge in [0.1, 0.15) is 12.4 Å². The highest BCUT2D eigenvalue weighted by atomic mass is 16.5. The van der Waals surface area contributed by atoms with E-state index in [1.54, 1.807) is 0 Å². The summed E-state index contributed by atoms with van der Waals surface area (Å²) in [7, 11) is 3.93. The van der Waals surface area contributed by atoms with Gasteiger partial charge in [0.25, 0.3) is 0 Å². The van der Waals surface area contributed by atoms with E-state index >= 15 is 0 Å². The van der Waals surface area contributed by atoms with Gasteiger partial charge in [-0.2, -0.15) is 5.26 Å². The molecule has 0 spiro atoms. The van der Waals surface area contributed by atoms with Gasteiger partial charge in [0.2, 0.25) is 0 Å². The van der Waals surface area contributed by atoms with Gasteiger partial charge >= 0.3 is 0 Å². The Morgan fingerprint density at radius 2 is 2.06 bits per heavy atom. The van der Waals surface area contributed by atoms with E-state index in [0.29, 0.717) is 13.0 Å². The molecule has 3 nitrogen and oxygen atoms in total. The fourth-order valence-corrected chi connectivity index (χ4v) is 1.56. The van der Waals surface area contributed by atoms with E-state index in [1.807, 2.05) is 31.1 Å². The van der Waals surface area contributed by atoms with Crippen LogP contribution in [0.3, 0.4) is 0 Å². The normalized spacial score (nSPS) is 12.2. The standard InChI is InChI=1S/C14H20N2O/c1-11-6-5-7-14(12(11)2)17-10-13(8-9-15)16(3)4/h5-7,13H,8,10H2,1-4H3. The maximum Gasteiger partial charge on any atom is 0.122 e. The summed E-state index contributed by atoms with van der Waals surface area (Å²) in [5.74, 6) is 0.912. The number of hydrogen-bond donors (Lipinski definition) is 0. The molecule has 0 bridgehead atoms. The minimum Gasteiger partial charge on any atom is -0.492 e. The average molecular weight is 232 g/mol. The van der Waals surface area contributed by atoms with Gasteiger partial charge in [-0.05, 0) is 45.1 Å². The highest BCUT2D eigenvalue weighted by Gasteiger charge is 2.12. The molecular formula is C14H20N2O. The number of rotatable bonds is 5. The molecule has 0 saturated carbocycles. The van der Waals surface area contributed by atoms with E-state index in [0.717, 1.165) is 5.75 Å². The minimum absolute atomic E-state index is 0.139. The van der Waals surface area contributed by atoms with E-state index in [1.165, 1.54) is 11.1 Å². The summed E-state index contributed by atoms with van der Waals surface area (Å²) in [5.41, 5.74) is 2.39. The molecule has 1 rings (SSSR count). The Hall–Kier alpha value is -1.53. The Kier molecular flexibility index (Phi) is 4.99. The largest absolute Gasteiger partial charge is 0.492 e. The van der Waals surface area contributed by atoms with Crippen LogP contribution < -0.4 is 4.74 Å². The number of hydrogen-bond acceptors (Lipinski definition) is 3. The van der Waals surface area contributed by atoms with Gasteiger partial charge in [-0.1, -0.05) is 12.1 Å². The molecule has 0 radical (unpaired) electrons. The van der Waals surface area contributed by atoms with Crippen LogP contribution in [0.1, 0.15) is 17.5 Å². The third kappa shape index (κ3) is 3.76. The van der Waals surface area contributed by atoms with Crippen molar-refractivity contribution in [3.8, 4) is 11.8 Å². The molecule has 1 atom stereocenters. The molecule has 0 saturated heterocycles. The van der Waals surface area contributed by atoms with Crippen molar-refractivity contribution in [1.82, 2.24) is 4.90 Å². The lowest BCUT2D eigenvalue weighted by Gasteiger charge is -2.22. The maximum absolute atomic E-state index is 8.75. The monoisotopic (exact) mass is 232 g/mol. The van der Waals surface area contributed by atoms with Crippen molar-refractivity contribution in [2.75, 3.05) is 20.7 Å². The number of aryl methyl sites for hydroxylation is 1. The predicted octanol–water partition coefficient (Wildman–Crippen LogP) is 2.53. The molecule has 1 aromatic rings. The first kappa shape index (κ1) is 13.5. The second kappa shape index (κ2) is 6.27. The molecule has 3 heteroatoms. The fraction of sp³-hybridized carbons (Fsp3) is 0.500. The predicted molar refractivity (Wildman–Crippen MR) is 69.1 cm³/mol. The smallest absolute Gasteiger partial charge is 0.122 e. The van der Waals surface area contributed by atoms with Crippen LogP contribution in [0.5, 0.6) is 5.75 Å². The van der Waals surface area contributed by atoms with Gasteiger partial charge in [-0.15, -0.1) is 0 Å². The summed E-state index contributed by atoms with van der Waals surface area (Å²) >= 11 is 0. The molecule has 0 amide bonds. The number of likely N-dealkylation sites (N-methyl/N-ethyl adjacent to an activating group) is 1. The van der Waals surface area contributed by atoms with Crippen molar-refractivity contribution in [2.45, 2.75) is 26.3 Å². The SMILES string of the molecule is Cc1cccc(OCC(CC#N)N(C)C)c1C. The van der Waals surface area contributed by atoms with Gasteiger partial charge in [0, 0.05) is 0 Å². The Morgan fingerprint density at radius 1 is 1.35 bits per heavy atom. The van der Waals surface area contributed by atoms with Crippen LogP contribution in [0.25, 0.3) is 0 Å². The zero-order valence-electron chi connectivity index (χ0n) is 11.0. The van der Waals surface area contributed by atoms with Crippen molar-refractivity contribution < 1.29 is 4.74 Å². The van der Waals surface area contributed by atoms with E-state index in [4.69, 9.17) is 10.00 Å². The van der Waals surface area contributed by atoms with Crippen molar-refractivity contribution in [3.63, 3.8) is 0 Å². The summed E-state index contributed by atoms with van der Waals surface area (Å²) < 4.78 is 5.80. The minimum atomic E-state index is 0.139. The quantitative estimate of drug-likeness (QED) is 0.782. The zero-order chi connectivity index (χ0) is 12.8. The van der Waals surface area contributed by atoms with Crippen LogP contribution in [0, 0.1) is 25.2 Å². The van der Waals surface area contributed by atoms with Gasteiger partial charge in [0.05, 0.1) is 18.5 Å². The fourth-order valence-electron chi connectivity index (χ4n) is 1.56. The summed E-state index contributed by atoms with van der Waals surface area (Å²) in [5, 5.41) is 8.75. The Bertz CT molecular complexity index is 407. The lowest BCUT2D eigenvalue weighted by molar-refractivity contribution is 0.187. The number of nitrogens with zero attached hydrogens (tertiary/aromatic N) is 2. The first-order chi connectivity index (χ1) is 8.06. The average Bonchev–Trinajstić information content (AvgIpc) is 2.29. The summed E-state index contributed by atoms with van der Waals surface area (Å²) in [6, 6.07) is 8.37. The Balaban J connectivity index is 2.66. The summed E-state index contributed by atoms with van der Waals surface area (Å²) in [6.45, 7) is 4.67. The molecule has 1 unspecified atom stereocenters. The molecule has 0 aromatic heterocycles.